The number of carbonyl (C=O) groups excluding carboxylic acids is 1. The molecule has 1 aliphatic heterocycles. The summed E-state index contributed by atoms with van der Waals surface area (Å²) in [5.41, 5.74) is 1.83. The molecule has 1 unspecified atom stereocenters. The summed E-state index contributed by atoms with van der Waals surface area (Å²) < 4.78 is 20.1. The van der Waals surface area contributed by atoms with Crippen molar-refractivity contribution in [1.82, 2.24) is 5.32 Å². The van der Waals surface area contributed by atoms with E-state index < -0.39 is 6.10 Å². The first-order valence-corrected chi connectivity index (χ1v) is 7.68. The zero-order chi connectivity index (χ0) is 16.2. The number of fused-ring (bicyclic) bond motifs is 1. The van der Waals surface area contributed by atoms with Crippen molar-refractivity contribution < 1.29 is 13.9 Å². The van der Waals surface area contributed by atoms with Crippen LogP contribution in [0.2, 0.25) is 0 Å². The summed E-state index contributed by atoms with van der Waals surface area (Å²) in [7, 11) is 0. The van der Waals surface area contributed by atoms with E-state index in [4.69, 9.17) is 4.74 Å². The fourth-order valence-corrected chi connectivity index (χ4v) is 2.62. The molecule has 2 aromatic carbocycles. The van der Waals surface area contributed by atoms with Crippen LogP contribution in [0.4, 0.5) is 10.1 Å². The molecule has 0 saturated heterocycles. The number of nitrogens with one attached hydrogen (secondary N) is 2. The average Bonchev–Trinajstić information content (AvgIpc) is 2.58. The van der Waals surface area contributed by atoms with Crippen LogP contribution in [0.15, 0.2) is 42.5 Å². The molecule has 0 bridgehead atoms. The quantitative estimate of drug-likeness (QED) is 0.912. The Bertz CT molecular complexity index is 704. The van der Waals surface area contributed by atoms with Crippen LogP contribution in [0.1, 0.15) is 18.1 Å². The van der Waals surface area contributed by atoms with E-state index in [2.05, 4.69) is 10.6 Å². The normalized spacial score (nSPS) is 14.7. The van der Waals surface area contributed by atoms with Crippen LogP contribution in [0.3, 0.4) is 0 Å². The fraction of sp³-hybridized carbons (Fsp3) is 0.278. The summed E-state index contributed by atoms with van der Waals surface area (Å²) in [6, 6.07) is 12.5. The van der Waals surface area contributed by atoms with Gasteiger partial charge in [-0.15, -0.1) is 0 Å². The van der Waals surface area contributed by atoms with E-state index in [0.29, 0.717) is 24.3 Å². The van der Waals surface area contributed by atoms with Crippen molar-refractivity contribution >= 4 is 11.6 Å². The van der Waals surface area contributed by atoms with E-state index in [1.54, 1.807) is 25.1 Å². The largest absolute Gasteiger partial charge is 0.481 e. The highest BCUT2D eigenvalue weighted by molar-refractivity contribution is 5.94. The molecule has 120 valence electrons. The molecule has 0 aliphatic carbocycles. The van der Waals surface area contributed by atoms with Gasteiger partial charge in [-0.25, -0.2) is 4.39 Å². The third-order valence-corrected chi connectivity index (χ3v) is 3.89. The molecule has 0 spiro atoms. The van der Waals surface area contributed by atoms with Gasteiger partial charge in [0.25, 0.3) is 5.91 Å². The van der Waals surface area contributed by atoms with Crippen molar-refractivity contribution in [3.8, 4) is 5.75 Å². The Balaban J connectivity index is 1.70. The van der Waals surface area contributed by atoms with Gasteiger partial charge in [-0.1, -0.05) is 24.3 Å². The minimum atomic E-state index is -0.713. The van der Waals surface area contributed by atoms with Crippen molar-refractivity contribution in [2.24, 2.45) is 0 Å². The number of amides is 1. The van der Waals surface area contributed by atoms with Gasteiger partial charge < -0.3 is 15.4 Å². The minimum Gasteiger partial charge on any atom is -0.481 e. The first-order valence-electron chi connectivity index (χ1n) is 7.68. The average molecular weight is 314 g/mol. The van der Waals surface area contributed by atoms with Crippen LogP contribution < -0.4 is 15.4 Å². The molecule has 4 nitrogen and oxygen atoms in total. The van der Waals surface area contributed by atoms with E-state index in [1.165, 1.54) is 0 Å². The van der Waals surface area contributed by atoms with Gasteiger partial charge in [0.2, 0.25) is 0 Å². The summed E-state index contributed by atoms with van der Waals surface area (Å²) in [6.07, 6.45) is -0.0875. The van der Waals surface area contributed by atoms with Crippen LogP contribution in [0, 0.1) is 5.82 Å². The van der Waals surface area contributed by atoms with E-state index in [9.17, 15) is 9.18 Å². The Kier molecular flexibility index (Phi) is 4.57. The number of benzene rings is 2. The lowest BCUT2D eigenvalue weighted by Crippen LogP contribution is -2.31. The van der Waals surface area contributed by atoms with E-state index in [1.807, 2.05) is 24.3 Å². The minimum absolute atomic E-state index is 0.208. The van der Waals surface area contributed by atoms with Crippen molar-refractivity contribution in [3.05, 3.63) is 59.4 Å². The smallest absolute Gasteiger partial charge is 0.265 e. The number of rotatable bonds is 4. The number of halogens is 1. The van der Waals surface area contributed by atoms with Gasteiger partial charge in [-0.3, -0.25) is 4.79 Å². The lowest BCUT2D eigenvalue weighted by Gasteiger charge is -2.20. The zero-order valence-electron chi connectivity index (χ0n) is 12.9. The number of para-hydroxylation sites is 1. The summed E-state index contributed by atoms with van der Waals surface area (Å²) in [5, 5.41) is 5.82. The maximum atomic E-state index is 14.5. The number of hydrogen-bond acceptors (Lipinski definition) is 3. The summed E-state index contributed by atoms with van der Waals surface area (Å²) in [5.74, 6) is -0.113. The Morgan fingerprint density at radius 3 is 2.83 bits per heavy atom. The summed E-state index contributed by atoms with van der Waals surface area (Å²) in [6.45, 7) is 3.05. The predicted octanol–water partition coefficient (Wildman–Crippen LogP) is 2.88. The molecule has 1 aliphatic rings. The molecule has 1 atom stereocenters. The molecule has 3 rings (SSSR count). The zero-order valence-corrected chi connectivity index (χ0v) is 12.9. The molecule has 0 aromatic heterocycles. The van der Waals surface area contributed by atoms with Gasteiger partial charge in [0.15, 0.2) is 6.10 Å². The second kappa shape index (κ2) is 6.79. The monoisotopic (exact) mass is 314 g/mol. The van der Waals surface area contributed by atoms with E-state index >= 15 is 0 Å². The SMILES string of the molecule is CC(Oc1ccccc1)C(=O)Nc1ccc2c(c1F)CCNC2. The van der Waals surface area contributed by atoms with E-state index in [0.717, 1.165) is 12.1 Å². The molecule has 5 heteroatoms. The molecule has 0 saturated carbocycles. The van der Waals surface area contributed by atoms with Gasteiger partial charge in [0.1, 0.15) is 11.6 Å². The molecule has 0 fully saturated rings. The van der Waals surface area contributed by atoms with Gasteiger partial charge >= 0.3 is 0 Å². The highest BCUT2D eigenvalue weighted by Gasteiger charge is 2.20. The highest BCUT2D eigenvalue weighted by atomic mass is 19.1. The molecule has 2 N–H and O–H groups in total. The molecular formula is C18H19FN2O2. The molecule has 1 heterocycles. The molecule has 0 radical (unpaired) electrons. The second-order valence-electron chi connectivity index (χ2n) is 5.55. The summed E-state index contributed by atoms with van der Waals surface area (Å²) in [4.78, 5) is 12.2. The highest BCUT2D eigenvalue weighted by Crippen LogP contribution is 2.24. The number of hydrogen-bond donors (Lipinski definition) is 2. The first kappa shape index (κ1) is 15.5. The maximum Gasteiger partial charge on any atom is 0.265 e. The van der Waals surface area contributed by atoms with Crippen LogP contribution in [-0.4, -0.2) is 18.6 Å². The van der Waals surface area contributed by atoms with Gasteiger partial charge in [0.05, 0.1) is 5.69 Å². The van der Waals surface area contributed by atoms with Gasteiger partial charge in [-0.2, -0.15) is 0 Å². The first-order chi connectivity index (χ1) is 11.1. The van der Waals surface area contributed by atoms with E-state index in [-0.39, 0.29) is 17.4 Å². The predicted molar refractivity (Wildman–Crippen MR) is 87.0 cm³/mol. The molecule has 23 heavy (non-hydrogen) atoms. The number of carbonyl (C=O) groups is 1. The standard InChI is InChI=1S/C18H19FN2O2/c1-12(23-14-5-3-2-4-6-14)18(22)21-16-8-7-13-11-20-10-9-15(13)17(16)19/h2-8,12,20H,9-11H2,1H3,(H,21,22). The van der Waals surface area contributed by atoms with Crippen molar-refractivity contribution in [1.29, 1.82) is 0 Å². The van der Waals surface area contributed by atoms with Crippen LogP contribution in [0.25, 0.3) is 0 Å². The van der Waals surface area contributed by atoms with Gasteiger partial charge in [-0.05, 0) is 49.2 Å². The van der Waals surface area contributed by atoms with Crippen molar-refractivity contribution in [3.63, 3.8) is 0 Å². The van der Waals surface area contributed by atoms with Crippen molar-refractivity contribution in [2.75, 3.05) is 11.9 Å². The van der Waals surface area contributed by atoms with Crippen LogP contribution in [-0.2, 0) is 17.8 Å². The topological polar surface area (TPSA) is 50.4 Å². The third kappa shape index (κ3) is 3.51. The van der Waals surface area contributed by atoms with Crippen LogP contribution in [0.5, 0.6) is 5.75 Å². The second-order valence-corrected chi connectivity index (χ2v) is 5.55. The Hall–Kier alpha value is -2.40. The molecule has 2 aromatic rings. The van der Waals surface area contributed by atoms with Gasteiger partial charge in [0, 0.05) is 6.54 Å². The Labute approximate surface area is 134 Å². The number of anilines is 1. The van der Waals surface area contributed by atoms with Crippen molar-refractivity contribution in [2.45, 2.75) is 26.0 Å². The number of ether oxygens (including phenoxy) is 1. The van der Waals surface area contributed by atoms with Crippen LogP contribution >= 0.6 is 0 Å². The maximum absolute atomic E-state index is 14.5. The molecular weight excluding hydrogens is 295 g/mol. The third-order valence-electron chi connectivity index (χ3n) is 3.89. The lowest BCUT2D eigenvalue weighted by atomic mass is 9.99. The molecule has 1 amide bonds. The lowest BCUT2D eigenvalue weighted by molar-refractivity contribution is -0.122. The fourth-order valence-electron chi connectivity index (χ4n) is 2.62. The summed E-state index contributed by atoms with van der Waals surface area (Å²) >= 11 is 0. The Morgan fingerprint density at radius 1 is 1.26 bits per heavy atom. The Morgan fingerprint density at radius 2 is 2.04 bits per heavy atom.